The van der Waals surface area contributed by atoms with Crippen LogP contribution in [0, 0.1) is 5.92 Å². The lowest BCUT2D eigenvalue weighted by Gasteiger charge is -2.33. The smallest absolute Gasteiger partial charge is 0.193 e. The number of piperidine rings is 1. The number of rotatable bonds is 8. The summed E-state index contributed by atoms with van der Waals surface area (Å²) in [5.41, 5.74) is 0. The second-order valence-electron chi connectivity index (χ2n) is 7.33. The van der Waals surface area contributed by atoms with Crippen LogP contribution in [0.3, 0.4) is 0 Å². The monoisotopic (exact) mass is 528 g/mol. The van der Waals surface area contributed by atoms with Gasteiger partial charge in [0.2, 0.25) is 0 Å². The molecule has 0 radical (unpaired) electrons. The first-order valence-electron chi connectivity index (χ1n) is 10.1. The number of aliphatic imine (C=N–C) groups is 1. The fourth-order valence-electron chi connectivity index (χ4n) is 3.63. The lowest BCUT2D eigenvalue weighted by molar-refractivity contribution is 0.169. The number of ether oxygens (including phenoxy) is 1. The molecule has 1 atom stereocenters. The molecule has 0 spiro atoms. The van der Waals surface area contributed by atoms with E-state index in [2.05, 4.69) is 44.7 Å². The van der Waals surface area contributed by atoms with Crippen LogP contribution in [0.2, 0.25) is 0 Å². The lowest BCUT2D eigenvalue weighted by Crippen LogP contribution is -2.45. The van der Waals surface area contributed by atoms with Crippen molar-refractivity contribution in [2.24, 2.45) is 10.9 Å². The molecule has 1 saturated heterocycles. The number of likely N-dealkylation sites (N-methyl/N-ethyl adjacent to an activating group) is 1. The number of nitrogens with zero attached hydrogens (tertiary/aromatic N) is 3. The summed E-state index contributed by atoms with van der Waals surface area (Å²) in [6, 6.07) is 14.3. The Kier molecular flexibility index (Phi) is 10.8. The largest absolute Gasteiger partial charge is 0.492 e. The topological polar surface area (TPSA) is 40.1 Å². The second kappa shape index (κ2) is 13.1. The molecule has 1 aliphatic heterocycles. The number of benzene rings is 1. The van der Waals surface area contributed by atoms with E-state index >= 15 is 0 Å². The molecular formula is C22H33IN4OS. The predicted molar refractivity (Wildman–Crippen MR) is 134 cm³/mol. The van der Waals surface area contributed by atoms with Gasteiger partial charge in [-0.15, -0.1) is 35.3 Å². The standard InChI is InChI=1S/C22H32N4OS.HI/c1-23-22(25(2)13-14-27-20-9-4-3-5-10-20)24-16-19-8-6-12-26(17-19)18-21-11-7-15-28-21;/h3-5,7,9-11,15,19H,6,8,12-14,16-18H2,1-2H3,(H,23,24);1H. The summed E-state index contributed by atoms with van der Waals surface area (Å²) in [5, 5.41) is 5.73. The van der Waals surface area contributed by atoms with E-state index in [9.17, 15) is 0 Å². The van der Waals surface area contributed by atoms with Crippen LogP contribution < -0.4 is 10.1 Å². The Bertz CT molecular complexity index is 711. The molecule has 1 fully saturated rings. The highest BCUT2D eigenvalue weighted by Gasteiger charge is 2.20. The summed E-state index contributed by atoms with van der Waals surface area (Å²) in [4.78, 5) is 10.6. The average Bonchev–Trinajstić information content (AvgIpc) is 3.22. The van der Waals surface area contributed by atoms with Crippen LogP contribution >= 0.6 is 35.3 Å². The molecule has 1 aromatic heterocycles. The van der Waals surface area contributed by atoms with Crippen molar-refractivity contribution < 1.29 is 4.74 Å². The van der Waals surface area contributed by atoms with Crippen molar-refractivity contribution in [1.29, 1.82) is 0 Å². The third-order valence-corrected chi connectivity index (χ3v) is 5.98. The Hall–Kier alpha value is -1.32. The Morgan fingerprint density at radius 3 is 2.83 bits per heavy atom. The maximum Gasteiger partial charge on any atom is 0.193 e. The molecule has 0 saturated carbocycles. The molecule has 160 valence electrons. The Balaban J connectivity index is 0.00000300. The van der Waals surface area contributed by atoms with Gasteiger partial charge in [0.1, 0.15) is 12.4 Å². The first-order valence-corrected chi connectivity index (χ1v) is 11.0. The van der Waals surface area contributed by atoms with Gasteiger partial charge in [-0.3, -0.25) is 9.89 Å². The summed E-state index contributed by atoms with van der Waals surface area (Å²) in [5.74, 6) is 2.51. The van der Waals surface area contributed by atoms with Crippen molar-refractivity contribution in [2.75, 3.05) is 46.9 Å². The van der Waals surface area contributed by atoms with E-state index in [0.29, 0.717) is 12.5 Å². The van der Waals surface area contributed by atoms with Crippen LogP contribution in [0.15, 0.2) is 52.8 Å². The normalized spacial score (nSPS) is 17.4. The number of likely N-dealkylation sites (tertiary alicyclic amines) is 1. The minimum Gasteiger partial charge on any atom is -0.492 e. The van der Waals surface area contributed by atoms with E-state index in [4.69, 9.17) is 4.74 Å². The summed E-state index contributed by atoms with van der Waals surface area (Å²) in [6.07, 6.45) is 2.56. The molecule has 7 heteroatoms. The van der Waals surface area contributed by atoms with Crippen LogP contribution in [0.5, 0.6) is 5.75 Å². The Morgan fingerprint density at radius 2 is 2.10 bits per heavy atom. The fraction of sp³-hybridized carbons (Fsp3) is 0.500. The van der Waals surface area contributed by atoms with Crippen molar-refractivity contribution in [3.63, 3.8) is 0 Å². The zero-order valence-electron chi connectivity index (χ0n) is 17.4. The van der Waals surface area contributed by atoms with Gasteiger partial charge in [-0.25, -0.2) is 0 Å². The number of guanidine groups is 1. The Labute approximate surface area is 196 Å². The van der Waals surface area contributed by atoms with Crippen LogP contribution in [0.1, 0.15) is 17.7 Å². The van der Waals surface area contributed by atoms with E-state index in [1.165, 1.54) is 24.3 Å². The molecule has 2 aromatic rings. The van der Waals surface area contributed by atoms with Gasteiger partial charge in [0.05, 0.1) is 6.54 Å². The lowest BCUT2D eigenvalue weighted by atomic mass is 9.98. The quantitative estimate of drug-likeness (QED) is 0.318. The highest BCUT2D eigenvalue weighted by Crippen LogP contribution is 2.20. The van der Waals surface area contributed by atoms with E-state index in [1.54, 1.807) is 0 Å². The molecule has 0 bridgehead atoms. The first-order chi connectivity index (χ1) is 13.7. The van der Waals surface area contributed by atoms with Gasteiger partial charge in [0, 0.05) is 38.6 Å². The van der Waals surface area contributed by atoms with Crippen LogP contribution in [0.25, 0.3) is 0 Å². The number of nitrogens with one attached hydrogen (secondary N) is 1. The molecule has 1 aromatic carbocycles. The van der Waals surface area contributed by atoms with Crippen molar-refractivity contribution in [3.8, 4) is 5.75 Å². The third-order valence-electron chi connectivity index (χ3n) is 5.12. The maximum atomic E-state index is 5.80. The number of para-hydroxylation sites is 1. The zero-order chi connectivity index (χ0) is 19.6. The van der Waals surface area contributed by atoms with Crippen molar-refractivity contribution in [2.45, 2.75) is 19.4 Å². The Morgan fingerprint density at radius 1 is 1.28 bits per heavy atom. The minimum atomic E-state index is 0. The number of halogens is 1. The third kappa shape index (κ3) is 8.14. The average molecular weight is 529 g/mol. The van der Waals surface area contributed by atoms with Crippen LogP contribution in [-0.4, -0.2) is 62.6 Å². The van der Waals surface area contributed by atoms with Crippen LogP contribution in [-0.2, 0) is 6.54 Å². The molecule has 1 aliphatic rings. The highest BCUT2D eigenvalue weighted by atomic mass is 127. The van der Waals surface area contributed by atoms with Crippen molar-refractivity contribution in [3.05, 3.63) is 52.7 Å². The molecule has 1 N–H and O–H groups in total. The summed E-state index contributed by atoms with van der Waals surface area (Å²) < 4.78 is 5.80. The molecular weight excluding hydrogens is 495 g/mol. The van der Waals surface area contributed by atoms with E-state index in [1.807, 2.05) is 48.7 Å². The van der Waals surface area contributed by atoms with E-state index < -0.39 is 0 Å². The summed E-state index contributed by atoms with van der Waals surface area (Å²) in [7, 11) is 3.91. The van der Waals surface area contributed by atoms with Gasteiger partial charge < -0.3 is 15.0 Å². The van der Waals surface area contributed by atoms with Gasteiger partial charge >= 0.3 is 0 Å². The minimum absolute atomic E-state index is 0. The van der Waals surface area contributed by atoms with Gasteiger partial charge in [0.25, 0.3) is 0 Å². The molecule has 0 aliphatic carbocycles. The van der Waals surface area contributed by atoms with Crippen molar-refractivity contribution >= 4 is 41.3 Å². The van der Waals surface area contributed by atoms with E-state index in [-0.39, 0.29) is 24.0 Å². The number of hydrogen-bond acceptors (Lipinski definition) is 4. The molecule has 5 nitrogen and oxygen atoms in total. The van der Waals surface area contributed by atoms with Crippen molar-refractivity contribution in [1.82, 2.24) is 15.1 Å². The molecule has 2 heterocycles. The van der Waals surface area contributed by atoms with Gasteiger partial charge in [0.15, 0.2) is 5.96 Å². The summed E-state index contributed by atoms with van der Waals surface area (Å²) in [6.45, 7) is 5.85. The maximum absolute atomic E-state index is 5.80. The molecule has 3 rings (SSSR count). The molecule has 1 unspecified atom stereocenters. The number of thiophene rings is 1. The van der Waals surface area contributed by atoms with E-state index in [0.717, 1.165) is 37.9 Å². The zero-order valence-corrected chi connectivity index (χ0v) is 20.6. The number of hydrogen-bond donors (Lipinski definition) is 1. The highest BCUT2D eigenvalue weighted by molar-refractivity contribution is 14.0. The predicted octanol–water partition coefficient (Wildman–Crippen LogP) is 4.16. The fourth-order valence-corrected chi connectivity index (χ4v) is 4.37. The SMILES string of the molecule is CN=C(NCC1CCCN(Cc2cccs2)C1)N(C)CCOc1ccccc1.I. The molecule has 0 amide bonds. The van der Waals surface area contributed by atoms with Gasteiger partial charge in [-0.05, 0) is 48.9 Å². The van der Waals surface area contributed by atoms with Crippen LogP contribution in [0.4, 0.5) is 0 Å². The first kappa shape index (κ1) is 24.0. The molecule has 29 heavy (non-hydrogen) atoms. The van der Waals surface area contributed by atoms with Gasteiger partial charge in [-0.1, -0.05) is 24.3 Å². The van der Waals surface area contributed by atoms with Gasteiger partial charge in [-0.2, -0.15) is 0 Å². The summed E-state index contributed by atoms with van der Waals surface area (Å²) >= 11 is 1.85. The second-order valence-corrected chi connectivity index (χ2v) is 8.37.